The maximum absolute atomic E-state index is 12.1. The SMILES string of the molecule is Cc1cccc(CN2C(=O)CCC2CC(=O)NC2CC2)c1. The fraction of sp³-hybridized carbons (Fsp3) is 0.529. The molecular formula is C17H22N2O2. The van der Waals surface area contributed by atoms with Crippen LogP contribution in [-0.2, 0) is 16.1 Å². The lowest BCUT2D eigenvalue weighted by Gasteiger charge is -2.24. The maximum atomic E-state index is 12.1. The van der Waals surface area contributed by atoms with Crippen LogP contribution in [0.15, 0.2) is 24.3 Å². The standard InChI is InChI=1S/C17H22N2O2/c1-12-3-2-4-13(9-12)11-19-15(7-8-17(19)21)10-16(20)18-14-5-6-14/h2-4,9,14-15H,5-8,10-11H2,1H3,(H,18,20). The van der Waals surface area contributed by atoms with E-state index in [1.54, 1.807) is 0 Å². The third-order valence-corrected chi connectivity index (χ3v) is 4.25. The number of hydrogen-bond donors (Lipinski definition) is 1. The summed E-state index contributed by atoms with van der Waals surface area (Å²) in [4.78, 5) is 25.9. The second-order valence-corrected chi connectivity index (χ2v) is 6.25. The number of hydrogen-bond acceptors (Lipinski definition) is 2. The number of likely N-dealkylation sites (tertiary alicyclic amines) is 1. The van der Waals surface area contributed by atoms with E-state index in [1.807, 2.05) is 17.0 Å². The average molecular weight is 286 g/mol. The molecule has 1 aliphatic heterocycles. The molecule has 1 aliphatic carbocycles. The Morgan fingerprint density at radius 2 is 2.14 bits per heavy atom. The Labute approximate surface area is 125 Å². The van der Waals surface area contributed by atoms with Gasteiger partial charge in [0.25, 0.3) is 0 Å². The Morgan fingerprint density at radius 1 is 1.33 bits per heavy atom. The molecule has 21 heavy (non-hydrogen) atoms. The predicted molar refractivity (Wildman–Crippen MR) is 80.5 cm³/mol. The number of benzene rings is 1. The smallest absolute Gasteiger partial charge is 0.223 e. The van der Waals surface area contributed by atoms with Crippen LogP contribution in [0.1, 0.15) is 43.2 Å². The first-order chi connectivity index (χ1) is 10.1. The summed E-state index contributed by atoms with van der Waals surface area (Å²) in [6.45, 7) is 2.66. The van der Waals surface area contributed by atoms with Crippen molar-refractivity contribution in [2.75, 3.05) is 0 Å². The molecule has 0 aromatic heterocycles. The molecule has 0 spiro atoms. The van der Waals surface area contributed by atoms with Gasteiger partial charge >= 0.3 is 0 Å². The molecule has 0 bridgehead atoms. The van der Waals surface area contributed by atoms with Crippen molar-refractivity contribution in [1.82, 2.24) is 10.2 Å². The highest BCUT2D eigenvalue weighted by atomic mass is 16.2. The van der Waals surface area contributed by atoms with Crippen molar-refractivity contribution in [3.63, 3.8) is 0 Å². The minimum absolute atomic E-state index is 0.0526. The summed E-state index contributed by atoms with van der Waals surface area (Å²) >= 11 is 0. The molecule has 2 fully saturated rings. The van der Waals surface area contributed by atoms with E-state index in [9.17, 15) is 9.59 Å². The summed E-state index contributed by atoms with van der Waals surface area (Å²) < 4.78 is 0. The largest absolute Gasteiger partial charge is 0.353 e. The van der Waals surface area contributed by atoms with Crippen molar-refractivity contribution in [3.8, 4) is 0 Å². The third-order valence-electron chi connectivity index (χ3n) is 4.25. The van der Waals surface area contributed by atoms with Gasteiger partial charge in [0.05, 0.1) is 0 Å². The molecule has 1 saturated carbocycles. The number of rotatable bonds is 5. The summed E-state index contributed by atoms with van der Waals surface area (Å²) in [5, 5.41) is 3.01. The second-order valence-electron chi connectivity index (χ2n) is 6.25. The Kier molecular flexibility index (Phi) is 3.95. The zero-order valence-corrected chi connectivity index (χ0v) is 12.5. The van der Waals surface area contributed by atoms with Gasteiger partial charge < -0.3 is 10.2 Å². The van der Waals surface area contributed by atoms with Gasteiger partial charge in [0.15, 0.2) is 0 Å². The van der Waals surface area contributed by atoms with Gasteiger partial charge in [0.2, 0.25) is 11.8 Å². The number of aryl methyl sites for hydroxylation is 1. The van der Waals surface area contributed by atoms with Gasteiger partial charge in [0.1, 0.15) is 0 Å². The Bertz CT molecular complexity index is 551. The number of carbonyl (C=O) groups is 2. The molecule has 2 amide bonds. The molecule has 1 saturated heterocycles. The average Bonchev–Trinajstić information content (AvgIpc) is 3.18. The first-order valence-electron chi connectivity index (χ1n) is 7.76. The summed E-state index contributed by atoms with van der Waals surface area (Å²) in [6.07, 6.45) is 3.99. The lowest BCUT2D eigenvalue weighted by atomic mass is 10.1. The molecule has 4 nitrogen and oxygen atoms in total. The molecule has 1 heterocycles. The van der Waals surface area contributed by atoms with Gasteiger partial charge in [-0.15, -0.1) is 0 Å². The summed E-state index contributed by atoms with van der Waals surface area (Å²) in [5.74, 6) is 0.257. The van der Waals surface area contributed by atoms with E-state index in [-0.39, 0.29) is 17.9 Å². The molecule has 112 valence electrons. The molecule has 1 N–H and O–H groups in total. The zero-order chi connectivity index (χ0) is 14.8. The number of nitrogens with one attached hydrogen (secondary N) is 1. The summed E-state index contributed by atoms with van der Waals surface area (Å²) in [5.41, 5.74) is 2.33. The fourth-order valence-corrected chi connectivity index (χ4v) is 2.96. The van der Waals surface area contributed by atoms with Crippen molar-refractivity contribution >= 4 is 11.8 Å². The number of nitrogens with zero attached hydrogens (tertiary/aromatic N) is 1. The highest BCUT2D eigenvalue weighted by molar-refractivity contribution is 5.82. The van der Waals surface area contributed by atoms with Crippen LogP contribution in [0.2, 0.25) is 0 Å². The first-order valence-corrected chi connectivity index (χ1v) is 7.76. The van der Waals surface area contributed by atoms with Crippen LogP contribution in [0.3, 0.4) is 0 Å². The highest BCUT2D eigenvalue weighted by Crippen LogP contribution is 2.25. The molecule has 1 aromatic carbocycles. The van der Waals surface area contributed by atoms with E-state index >= 15 is 0 Å². The maximum Gasteiger partial charge on any atom is 0.223 e. The lowest BCUT2D eigenvalue weighted by molar-refractivity contribution is -0.130. The second kappa shape index (κ2) is 5.88. The summed E-state index contributed by atoms with van der Waals surface area (Å²) in [7, 11) is 0. The topological polar surface area (TPSA) is 49.4 Å². The van der Waals surface area contributed by atoms with Gasteiger partial charge in [-0.2, -0.15) is 0 Å². The van der Waals surface area contributed by atoms with Crippen LogP contribution in [0.5, 0.6) is 0 Å². The molecule has 1 unspecified atom stereocenters. The third kappa shape index (κ3) is 3.63. The summed E-state index contributed by atoms with van der Waals surface area (Å²) in [6, 6.07) is 8.65. The van der Waals surface area contributed by atoms with Crippen LogP contribution in [-0.4, -0.2) is 28.8 Å². The monoisotopic (exact) mass is 286 g/mol. The minimum atomic E-state index is 0.0526. The van der Waals surface area contributed by atoms with Gasteiger partial charge in [-0.25, -0.2) is 0 Å². The van der Waals surface area contributed by atoms with Crippen LogP contribution in [0.25, 0.3) is 0 Å². The Balaban J connectivity index is 1.63. The van der Waals surface area contributed by atoms with Crippen molar-refractivity contribution < 1.29 is 9.59 Å². The van der Waals surface area contributed by atoms with Crippen molar-refractivity contribution in [2.45, 2.75) is 57.7 Å². The molecule has 4 heteroatoms. The van der Waals surface area contributed by atoms with E-state index in [0.717, 1.165) is 24.8 Å². The van der Waals surface area contributed by atoms with E-state index in [4.69, 9.17) is 0 Å². The van der Waals surface area contributed by atoms with E-state index in [2.05, 4.69) is 24.4 Å². The van der Waals surface area contributed by atoms with E-state index in [0.29, 0.717) is 25.4 Å². The van der Waals surface area contributed by atoms with Crippen LogP contribution in [0, 0.1) is 6.92 Å². The fourth-order valence-electron chi connectivity index (χ4n) is 2.96. The molecule has 2 aliphatic rings. The van der Waals surface area contributed by atoms with Gasteiger partial charge in [-0.3, -0.25) is 9.59 Å². The van der Waals surface area contributed by atoms with Gasteiger partial charge in [-0.1, -0.05) is 29.8 Å². The van der Waals surface area contributed by atoms with Crippen molar-refractivity contribution in [3.05, 3.63) is 35.4 Å². The Morgan fingerprint density at radius 3 is 2.86 bits per heavy atom. The van der Waals surface area contributed by atoms with Crippen LogP contribution < -0.4 is 5.32 Å². The van der Waals surface area contributed by atoms with Gasteiger partial charge in [-0.05, 0) is 31.7 Å². The number of amides is 2. The predicted octanol–water partition coefficient (Wildman–Crippen LogP) is 2.15. The first kappa shape index (κ1) is 14.1. The number of carbonyl (C=O) groups excluding carboxylic acids is 2. The quantitative estimate of drug-likeness (QED) is 0.901. The Hall–Kier alpha value is -1.84. The molecule has 0 radical (unpaired) electrons. The molecule has 1 atom stereocenters. The lowest BCUT2D eigenvalue weighted by Crippen LogP contribution is -2.37. The normalized spacial score (nSPS) is 21.7. The van der Waals surface area contributed by atoms with E-state index < -0.39 is 0 Å². The van der Waals surface area contributed by atoms with Crippen molar-refractivity contribution in [1.29, 1.82) is 0 Å². The highest BCUT2D eigenvalue weighted by Gasteiger charge is 2.33. The molecule has 1 aromatic rings. The zero-order valence-electron chi connectivity index (χ0n) is 12.5. The minimum Gasteiger partial charge on any atom is -0.353 e. The van der Waals surface area contributed by atoms with Crippen LogP contribution >= 0.6 is 0 Å². The van der Waals surface area contributed by atoms with Crippen LogP contribution in [0.4, 0.5) is 0 Å². The molecule has 3 rings (SSSR count). The van der Waals surface area contributed by atoms with Gasteiger partial charge in [0, 0.05) is 31.5 Å². The van der Waals surface area contributed by atoms with Crippen molar-refractivity contribution in [2.24, 2.45) is 0 Å². The molecular weight excluding hydrogens is 264 g/mol. The van der Waals surface area contributed by atoms with E-state index in [1.165, 1.54) is 5.56 Å².